The molecule has 0 spiro atoms. The number of hydrogen-bond donors (Lipinski definition) is 2. The van der Waals surface area contributed by atoms with Crippen LogP contribution >= 0.6 is 11.6 Å². The Bertz CT molecular complexity index is 1190. The van der Waals surface area contributed by atoms with Crippen molar-refractivity contribution >= 4 is 23.3 Å². The maximum absolute atomic E-state index is 13.8. The van der Waals surface area contributed by atoms with Gasteiger partial charge < -0.3 is 10.4 Å². The van der Waals surface area contributed by atoms with Crippen LogP contribution in [0, 0.1) is 0 Å². The molecule has 1 saturated carbocycles. The largest absolute Gasteiger partial charge is 0.508 e. The van der Waals surface area contributed by atoms with E-state index in [1.807, 2.05) is 48.5 Å². The minimum absolute atomic E-state index is 0.151. The second-order valence-corrected chi connectivity index (χ2v) is 9.43. The number of benzene rings is 2. The zero-order valence-electron chi connectivity index (χ0n) is 18.8. The van der Waals surface area contributed by atoms with Gasteiger partial charge in [-0.2, -0.15) is 5.10 Å². The Labute approximate surface area is 204 Å². The van der Waals surface area contributed by atoms with Crippen LogP contribution in [0.2, 0.25) is 5.02 Å². The fourth-order valence-corrected chi connectivity index (χ4v) is 5.22. The third-order valence-corrected chi connectivity index (χ3v) is 7.11. The highest BCUT2D eigenvalue weighted by Crippen LogP contribution is 2.40. The molecule has 2 aromatic carbocycles. The van der Waals surface area contributed by atoms with Crippen molar-refractivity contribution in [3.63, 3.8) is 0 Å². The van der Waals surface area contributed by atoms with Crippen LogP contribution in [0.25, 0.3) is 0 Å². The van der Waals surface area contributed by atoms with Gasteiger partial charge >= 0.3 is 6.03 Å². The summed E-state index contributed by atoms with van der Waals surface area (Å²) in [4.78, 5) is 18.0. The van der Waals surface area contributed by atoms with Gasteiger partial charge in [-0.1, -0.05) is 67.3 Å². The van der Waals surface area contributed by atoms with Crippen LogP contribution in [0.3, 0.4) is 0 Å². The lowest BCUT2D eigenvalue weighted by Crippen LogP contribution is -2.51. The van der Waals surface area contributed by atoms with E-state index >= 15 is 0 Å². The minimum Gasteiger partial charge on any atom is -0.508 e. The lowest BCUT2D eigenvalue weighted by atomic mass is 9.76. The first kappa shape index (κ1) is 22.4. The van der Waals surface area contributed by atoms with E-state index in [-0.39, 0.29) is 11.8 Å². The van der Waals surface area contributed by atoms with E-state index in [4.69, 9.17) is 16.7 Å². The van der Waals surface area contributed by atoms with Crippen LogP contribution in [0.5, 0.6) is 5.75 Å². The average molecular weight is 475 g/mol. The molecule has 6 nitrogen and oxygen atoms in total. The number of hydrogen-bond acceptors (Lipinski definition) is 4. The highest BCUT2D eigenvalue weighted by molar-refractivity contribution is 6.30. The quantitative estimate of drug-likeness (QED) is 0.475. The van der Waals surface area contributed by atoms with Crippen LogP contribution in [0.4, 0.5) is 4.79 Å². The molecular weight excluding hydrogens is 448 g/mol. The highest BCUT2D eigenvalue weighted by atomic mass is 35.5. The first-order valence-corrected chi connectivity index (χ1v) is 12.1. The van der Waals surface area contributed by atoms with Crippen molar-refractivity contribution in [2.24, 2.45) is 5.10 Å². The molecule has 1 atom stereocenters. The average Bonchev–Trinajstić information content (AvgIpc) is 3.31. The molecule has 1 fully saturated rings. The van der Waals surface area contributed by atoms with Gasteiger partial charge in [0.15, 0.2) is 0 Å². The summed E-state index contributed by atoms with van der Waals surface area (Å²) in [6.45, 7) is 0. The highest BCUT2D eigenvalue weighted by Gasteiger charge is 2.40. The number of aromatic hydroxyl groups is 1. The normalized spacial score (nSPS) is 19.5. The standard InChI is InChI=1S/C27H27ClN4O2/c28-21-12-10-20(11-13-21)27(14-4-1-5-15-27)30-26(34)32-24(22-8-2-3-9-25(22)33)17-23(31-32)19-7-6-16-29-18-19/h2-3,6-13,16,18,24,33H,1,4-5,14-15,17H2,(H,30,34). The molecular formula is C27H27ClN4O2. The number of rotatable bonds is 4. The van der Waals surface area contributed by atoms with Gasteiger partial charge in [-0.3, -0.25) is 4.98 Å². The second-order valence-electron chi connectivity index (χ2n) is 8.99. The van der Waals surface area contributed by atoms with E-state index in [2.05, 4.69) is 10.3 Å². The first-order chi connectivity index (χ1) is 16.6. The number of aromatic nitrogens is 1. The summed E-state index contributed by atoms with van der Waals surface area (Å²) in [5.74, 6) is 0.151. The number of urea groups is 1. The molecule has 174 valence electrons. The summed E-state index contributed by atoms with van der Waals surface area (Å²) in [5, 5.41) is 20.8. The van der Waals surface area contributed by atoms with Gasteiger partial charge in [0, 0.05) is 35.0 Å². The number of carbonyl (C=O) groups excluding carboxylic acids is 1. The number of carbonyl (C=O) groups is 1. The Morgan fingerprint density at radius 2 is 1.79 bits per heavy atom. The van der Waals surface area contributed by atoms with E-state index in [0.717, 1.165) is 48.9 Å². The zero-order valence-corrected chi connectivity index (χ0v) is 19.6. The van der Waals surface area contributed by atoms with Crippen molar-refractivity contribution in [3.8, 4) is 5.75 Å². The number of amides is 2. The molecule has 2 amide bonds. The van der Waals surface area contributed by atoms with E-state index in [0.29, 0.717) is 17.0 Å². The van der Waals surface area contributed by atoms with Gasteiger partial charge in [0.05, 0.1) is 17.3 Å². The van der Waals surface area contributed by atoms with Gasteiger partial charge in [0.1, 0.15) is 5.75 Å². The third-order valence-electron chi connectivity index (χ3n) is 6.86. The SMILES string of the molecule is O=C(NC1(c2ccc(Cl)cc2)CCCCC1)N1N=C(c2cccnc2)CC1c1ccccc1O. The Morgan fingerprint density at radius 3 is 2.50 bits per heavy atom. The van der Waals surface area contributed by atoms with Crippen molar-refractivity contribution in [3.05, 3.63) is 94.8 Å². The summed E-state index contributed by atoms with van der Waals surface area (Å²) in [7, 11) is 0. The Kier molecular flexibility index (Phi) is 6.24. The van der Waals surface area contributed by atoms with E-state index in [1.165, 1.54) is 5.01 Å². The summed E-state index contributed by atoms with van der Waals surface area (Å²) < 4.78 is 0. The molecule has 1 aromatic heterocycles. The molecule has 5 rings (SSSR count). The molecule has 1 unspecified atom stereocenters. The number of nitrogens with one attached hydrogen (secondary N) is 1. The smallest absolute Gasteiger partial charge is 0.339 e. The molecule has 1 aliphatic heterocycles. The van der Waals surface area contributed by atoms with E-state index in [1.54, 1.807) is 24.5 Å². The van der Waals surface area contributed by atoms with Gasteiger partial charge in [0.25, 0.3) is 0 Å². The van der Waals surface area contributed by atoms with Crippen molar-refractivity contribution in [2.45, 2.75) is 50.1 Å². The second kappa shape index (κ2) is 9.47. The number of pyridine rings is 1. The summed E-state index contributed by atoms with van der Waals surface area (Å²) in [5.41, 5.74) is 2.88. The van der Waals surface area contributed by atoms with Crippen LogP contribution in [-0.2, 0) is 5.54 Å². The third kappa shape index (κ3) is 4.38. The maximum atomic E-state index is 13.8. The van der Waals surface area contributed by atoms with Crippen molar-refractivity contribution in [1.29, 1.82) is 0 Å². The predicted molar refractivity (Wildman–Crippen MR) is 133 cm³/mol. The van der Waals surface area contributed by atoms with Gasteiger partial charge in [0.2, 0.25) is 0 Å². The number of phenolic OH excluding ortho intramolecular Hbond substituents is 1. The maximum Gasteiger partial charge on any atom is 0.339 e. The minimum atomic E-state index is -0.476. The lowest BCUT2D eigenvalue weighted by molar-refractivity contribution is 0.157. The fourth-order valence-electron chi connectivity index (χ4n) is 5.09. The van der Waals surface area contributed by atoms with E-state index in [9.17, 15) is 9.90 Å². The molecule has 3 aromatic rings. The van der Waals surface area contributed by atoms with Gasteiger partial charge in [-0.15, -0.1) is 0 Å². The van der Waals surface area contributed by atoms with Crippen LogP contribution in [0.1, 0.15) is 61.3 Å². The monoisotopic (exact) mass is 474 g/mol. The number of phenols is 1. The van der Waals surface area contributed by atoms with Crippen molar-refractivity contribution in [2.75, 3.05) is 0 Å². The molecule has 2 aliphatic rings. The fraction of sp³-hybridized carbons (Fsp3) is 0.296. The lowest BCUT2D eigenvalue weighted by Gasteiger charge is -2.40. The summed E-state index contributed by atoms with van der Waals surface area (Å²) in [6.07, 6.45) is 8.89. The zero-order chi connectivity index (χ0) is 23.5. The van der Waals surface area contributed by atoms with Crippen LogP contribution in [0.15, 0.2) is 78.2 Å². The number of nitrogens with zero attached hydrogens (tertiary/aromatic N) is 3. The Hall–Kier alpha value is -3.38. The molecule has 2 N–H and O–H groups in total. The first-order valence-electron chi connectivity index (χ1n) is 11.7. The van der Waals surface area contributed by atoms with Crippen LogP contribution in [-0.4, -0.2) is 26.8 Å². The van der Waals surface area contributed by atoms with Gasteiger partial charge in [-0.25, -0.2) is 9.80 Å². The van der Waals surface area contributed by atoms with Crippen LogP contribution < -0.4 is 5.32 Å². The molecule has 0 bridgehead atoms. The van der Waals surface area contributed by atoms with Crippen molar-refractivity contribution < 1.29 is 9.90 Å². The molecule has 1 aliphatic carbocycles. The number of halogens is 1. The predicted octanol–water partition coefficient (Wildman–Crippen LogP) is 6.16. The van der Waals surface area contributed by atoms with Crippen molar-refractivity contribution in [1.82, 2.24) is 15.3 Å². The molecule has 0 saturated heterocycles. The number of para-hydroxylation sites is 1. The molecule has 0 radical (unpaired) electrons. The molecule has 34 heavy (non-hydrogen) atoms. The summed E-state index contributed by atoms with van der Waals surface area (Å²) >= 11 is 6.14. The molecule has 2 heterocycles. The number of hydrazone groups is 1. The topological polar surface area (TPSA) is 77.8 Å². The summed E-state index contributed by atoms with van der Waals surface area (Å²) in [6, 6.07) is 18.0. The Morgan fingerprint density at radius 1 is 1.03 bits per heavy atom. The molecule has 7 heteroatoms. The Balaban J connectivity index is 1.50. The van der Waals surface area contributed by atoms with Gasteiger partial charge in [-0.05, 0) is 42.7 Å². The van der Waals surface area contributed by atoms with E-state index < -0.39 is 11.6 Å².